The molecule has 2 aromatic carbocycles. The van der Waals surface area contributed by atoms with Crippen LogP contribution in [0.5, 0.6) is 0 Å². The maximum absolute atomic E-state index is 10.9. The standard InChI is InChI=1S/C14H9BrN2O2/c15-11-4-5-13(10(6-11)8-16)17-12-3-1-2-9(7-12)14(18)19/h1-7,17H,(H,18,19). The van der Waals surface area contributed by atoms with E-state index >= 15 is 0 Å². The van der Waals surface area contributed by atoms with Gasteiger partial charge in [0.05, 0.1) is 16.8 Å². The topological polar surface area (TPSA) is 73.1 Å². The number of nitrogens with one attached hydrogen (secondary N) is 1. The summed E-state index contributed by atoms with van der Waals surface area (Å²) in [6.45, 7) is 0. The molecule has 0 aromatic heterocycles. The van der Waals surface area contributed by atoms with Crippen LogP contribution in [0, 0.1) is 11.3 Å². The number of carbonyl (C=O) groups is 1. The molecule has 0 aliphatic rings. The van der Waals surface area contributed by atoms with Crippen molar-refractivity contribution in [2.75, 3.05) is 5.32 Å². The number of benzene rings is 2. The molecule has 2 N–H and O–H groups in total. The molecule has 0 saturated carbocycles. The summed E-state index contributed by atoms with van der Waals surface area (Å²) in [6.07, 6.45) is 0. The van der Waals surface area contributed by atoms with E-state index in [1.165, 1.54) is 12.1 Å². The van der Waals surface area contributed by atoms with Crippen molar-refractivity contribution in [3.05, 3.63) is 58.1 Å². The summed E-state index contributed by atoms with van der Waals surface area (Å²) in [6, 6.07) is 13.8. The SMILES string of the molecule is N#Cc1cc(Br)ccc1Nc1cccc(C(=O)O)c1. The van der Waals surface area contributed by atoms with Crippen LogP contribution >= 0.6 is 15.9 Å². The van der Waals surface area contributed by atoms with E-state index in [2.05, 4.69) is 27.3 Å². The number of nitriles is 1. The van der Waals surface area contributed by atoms with Crippen molar-refractivity contribution in [2.24, 2.45) is 0 Å². The molecule has 2 aromatic rings. The van der Waals surface area contributed by atoms with Gasteiger partial charge in [-0.2, -0.15) is 5.26 Å². The molecule has 0 unspecified atom stereocenters. The van der Waals surface area contributed by atoms with Crippen LogP contribution < -0.4 is 5.32 Å². The Morgan fingerprint density at radius 3 is 2.74 bits per heavy atom. The molecular weight excluding hydrogens is 308 g/mol. The predicted molar refractivity (Wildman–Crippen MR) is 75.5 cm³/mol. The Morgan fingerprint density at radius 2 is 2.05 bits per heavy atom. The summed E-state index contributed by atoms with van der Waals surface area (Å²) >= 11 is 3.30. The van der Waals surface area contributed by atoms with Gasteiger partial charge in [-0.3, -0.25) is 0 Å². The second-order valence-corrected chi connectivity index (χ2v) is 4.73. The Morgan fingerprint density at radius 1 is 1.26 bits per heavy atom. The van der Waals surface area contributed by atoms with E-state index in [0.717, 1.165) is 4.47 Å². The van der Waals surface area contributed by atoms with Crippen molar-refractivity contribution < 1.29 is 9.90 Å². The monoisotopic (exact) mass is 316 g/mol. The van der Waals surface area contributed by atoms with E-state index in [-0.39, 0.29) is 5.56 Å². The molecule has 0 aliphatic heterocycles. The van der Waals surface area contributed by atoms with Gasteiger partial charge < -0.3 is 10.4 Å². The van der Waals surface area contributed by atoms with Crippen LogP contribution in [0.1, 0.15) is 15.9 Å². The molecule has 2 rings (SSSR count). The summed E-state index contributed by atoms with van der Waals surface area (Å²) in [7, 11) is 0. The molecular formula is C14H9BrN2O2. The van der Waals surface area contributed by atoms with Gasteiger partial charge in [0.2, 0.25) is 0 Å². The lowest BCUT2D eigenvalue weighted by Crippen LogP contribution is -1.98. The minimum Gasteiger partial charge on any atom is -0.478 e. The fourth-order valence-corrected chi connectivity index (χ4v) is 1.96. The molecule has 0 radical (unpaired) electrons. The second-order valence-electron chi connectivity index (χ2n) is 3.81. The number of hydrogen-bond acceptors (Lipinski definition) is 3. The average Bonchev–Trinajstić information content (AvgIpc) is 2.41. The first kappa shape index (κ1) is 13.1. The molecule has 19 heavy (non-hydrogen) atoms. The van der Waals surface area contributed by atoms with E-state index in [4.69, 9.17) is 10.4 Å². The van der Waals surface area contributed by atoms with Crippen molar-refractivity contribution in [1.82, 2.24) is 0 Å². The van der Waals surface area contributed by atoms with Crippen LogP contribution in [0.3, 0.4) is 0 Å². The highest BCUT2D eigenvalue weighted by atomic mass is 79.9. The summed E-state index contributed by atoms with van der Waals surface area (Å²) in [5.74, 6) is -0.986. The quantitative estimate of drug-likeness (QED) is 0.904. The van der Waals surface area contributed by atoms with Crippen LogP contribution in [0.2, 0.25) is 0 Å². The first-order valence-electron chi connectivity index (χ1n) is 5.40. The van der Waals surface area contributed by atoms with Crippen LogP contribution in [0.15, 0.2) is 46.9 Å². The summed E-state index contributed by atoms with van der Waals surface area (Å²) < 4.78 is 0.814. The molecule has 0 saturated heterocycles. The maximum atomic E-state index is 10.9. The minimum atomic E-state index is -0.986. The molecule has 0 heterocycles. The third-order valence-electron chi connectivity index (χ3n) is 2.49. The first-order chi connectivity index (χ1) is 9.10. The van der Waals surface area contributed by atoms with Gasteiger partial charge in [-0.15, -0.1) is 0 Å². The van der Waals surface area contributed by atoms with E-state index in [1.54, 1.807) is 24.3 Å². The number of halogens is 1. The van der Waals surface area contributed by atoms with Gasteiger partial charge in [-0.25, -0.2) is 4.79 Å². The zero-order chi connectivity index (χ0) is 13.8. The molecule has 94 valence electrons. The number of nitrogens with zero attached hydrogens (tertiary/aromatic N) is 1. The van der Waals surface area contributed by atoms with Crippen LogP contribution in [0.25, 0.3) is 0 Å². The molecule has 5 heteroatoms. The number of carboxylic acids is 1. The lowest BCUT2D eigenvalue weighted by molar-refractivity contribution is 0.0697. The van der Waals surface area contributed by atoms with E-state index < -0.39 is 5.97 Å². The Bertz CT molecular complexity index is 677. The van der Waals surface area contributed by atoms with Crippen molar-refractivity contribution in [2.45, 2.75) is 0 Å². The van der Waals surface area contributed by atoms with E-state index in [9.17, 15) is 4.79 Å². The Labute approximate surface area is 118 Å². The highest BCUT2D eigenvalue weighted by Gasteiger charge is 2.06. The number of rotatable bonds is 3. The molecule has 0 spiro atoms. The average molecular weight is 317 g/mol. The van der Waals surface area contributed by atoms with Gasteiger partial charge in [0, 0.05) is 10.2 Å². The zero-order valence-corrected chi connectivity index (χ0v) is 11.3. The van der Waals surface area contributed by atoms with Gasteiger partial charge in [0.1, 0.15) is 6.07 Å². The van der Waals surface area contributed by atoms with E-state index in [1.807, 2.05) is 6.07 Å². The molecule has 0 fully saturated rings. The number of carboxylic acid groups (broad SMARTS) is 1. The molecule has 0 amide bonds. The molecule has 0 atom stereocenters. The Balaban J connectivity index is 2.34. The number of aromatic carboxylic acids is 1. The smallest absolute Gasteiger partial charge is 0.335 e. The molecule has 4 nitrogen and oxygen atoms in total. The third-order valence-corrected chi connectivity index (χ3v) is 2.98. The number of anilines is 2. The third kappa shape index (κ3) is 3.12. The fourth-order valence-electron chi connectivity index (χ4n) is 1.60. The normalized spacial score (nSPS) is 9.68. The lowest BCUT2D eigenvalue weighted by Gasteiger charge is -2.09. The first-order valence-corrected chi connectivity index (χ1v) is 6.19. The fraction of sp³-hybridized carbons (Fsp3) is 0. The number of hydrogen-bond donors (Lipinski definition) is 2. The molecule has 0 bridgehead atoms. The van der Waals surface area contributed by atoms with Gasteiger partial charge in [-0.05, 0) is 36.4 Å². The maximum Gasteiger partial charge on any atom is 0.335 e. The largest absolute Gasteiger partial charge is 0.478 e. The summed E-state index contributed by atoms with van der Waals surface area (Å²) in [4.78, 5) is 10.9. The van der Waals surface area contributed by atoms with E-state index in [0.29, 0.717) is 16.9 Å². The molecule has 0 aliphatic carbocycles. The van der Waals surface area contributed by atoms with Crippen LogP contribution in [-0.2, 0) is 0 Å². The van der Waals surface area contributed by atoms with Gasteiger partial charge in [0.15, 0.2) is 0 Å². The zero-order valence-electron chi connectivity index (χ0n) is 9.72. The lowest BCUT2D eigenvalue weighted by atomic mass is 10.1. The summed E-state index contributed by atoms with van der Waals surface area (Å²) in [5, 5.41) is 21.0. The summed E-state index contributed by atoms with van der Waals surface area (Å²) in [5.41, 5.74) is 1.93. The highest BCUT2D eigenvalue weighted by molar-refractivity contribution is 9.10. The highest BCUT2D eigenvalue weighted by Crippen LogP contribution is 2.24. The van der Waals surface area contributed by atoms with Crippen LogP contribution in [-0.4, -0.2) is 11.1 Å². The van der Waals surface area contributed by atoms with Crippen molar-refractivity contribution in [3.63, 3.8) is 0 Å². The van der Waals surface area contributed by atoms with Crippen molar-refractivity contribution in [1.29, 1.82) is 5.26 Å². The second kappa shape index (κ2) is 5.55. The Hall–Kier alpha value is -2.32. The Kier molecular flexibility index (Phi) is 3.83. The predicted octanol–water partition coefficient (Wildman–Crippen LogP) is 3.76. The minimum absolute atomic E-state index is 0.195. The van der Waals surface area contributed by atoms with Gasteiger partial charge >= 0.3 is 5.97 Å². The van der Waals surface area contributed by atoms with Gasteiger partial charge in [0.25, 0.3) is 0 Å². The van der Waals surface area contributed by atoms with Crippen molar-refractivity contribution >= 4 is 33.3 Å². The van der Waals surface area contributed by atoms with Crippen LogP contribution in [0.4, 0.5) is 11.4 Å². The van der Waals surface area contributed by atoms with Gasteiger partial charge in [-0.1, -0.05) is 22.0 Å². The van der Waals surface area contributed by atoms with Crippen molar-refractivity contribution in [3.8, 4) is 6.07 Å².